The highest BCUT2D eigenvalue weighted by molar-refractivity contribution is 6.00. The summed E-state index contributed by atoms with van der Waals surface area (Å²) in [6.07, 6.45) is 3.78. The fourth-order valence-corrected chi connectivity index (χ4v) is 3.48. The molecule has 2 heterocycles. The molecule has 1 aliphatic rings. The molecule has 166 valence electrons. The quantitative estimate of drug-likeness (QED) is 0.752. The minimum Gasteiger partial charge on any atom is -0.444 e. The maximum atomic E-state index is 12.8. The first-order valence-electron chi connectivity index (χ1n) is 10.1. The van der Waals surface area contributed by atoms with Crippen LogP contribution in [0.5, 0.6) is 0 Å². The second kappa shape index (κ2) is 8.41. The lowest BCUT2D eigenvalue weighted by atomic mass is 10.1. The fourth-order valence-electron chi connectivity index (χ4n) is 3.48. The third kappa shape index (κ3) is 4.87. The number of nitrogens with zero attached hydrogens (tertiary/aromatic N) is 3. The van der Waals surface area contributed by atoms with Crippen LogP contribution in [0.3, 0.4) is 0 Å². The van der Waals surface area contributed by atoms with E-state index >= 15 is 0 Å². The van der Waals surface area contributed by atoms with Crippen molar-refractivity contribution in [3.05, 3.63) is 40.3 Å². The molecule has 1 saturated heterocycles. The number of hydrogen-bond acceptors (Lipinski definition) is 5. The van der Waals surface area contributed by atoms with Crippen LogP contribution in [0.4, 0.5) is 4.79 Å². The van der Waals surface area contributed by atoms with Crippen molar-refractivity contribution >= 4 is 35.0 Å². The maximum Gasteiger partial charge on any atom is 0.410 e. The Labute approximate surface area is 180 Å². The fraction of sp³-hybridized carbons (Fsp3) is 0.455. The number of carbonyl (C=O) groups is 3. The zero-order valence-corrected chi connectivity index (χ0v) is 18.5. The molecule has 1 N–H and O–H groups in total. The van der Waals surface area contributed by atoms with E-state index in [2.05, 4.69) is 5.32 Å². The van der Waals surface area contributed by atoms with Gasteiger partial charge in [0.1, 0.15) is 11.6 Å². The standard InChI is InChI=1S/C22H28N4O5/c1-22(2,3)31-21(30)24(4)12-6-7-14-8-9-15-17(13-14)25(5)20(29)26(15)16-10-11-18(27)23-19(16)28/h6-9,13,16H,10-12H2,1-5H3,(H,23,27,28). The van der Waals surface area contributed by atoms with Gasteiger partial charge in [-0.05, 0) is 44.9 Å². The number of benzene rings is 1. The average Bonchev–Trinajstić information content (AvgIpc) is 2.91. The Balaban J connectivity index is 1.81. The Morgan fingerprint density at radius 3 is 2.61 bits per heavy atom. The topological polar surface area (TPSA) is 103 Å². The summed E-state index contributed by atoms with van der Waals surface area (Å²) < 4.78 is 8.26. The van der Waals surface area contributed by atoms with E-state index in [-0.39, 0.29) is 18.0 Å². The average molecular weight is 428 g/mol. The van der Waals surface area contributed by atoms with Crippen LogP contribution in [-0.4, -0.2) is 51.1 Å². The van der Waals surface area contributed by atoms with E-state index in [1.165, 1.54) is 14.0 Å². The van der Waals surface area contributed by atoms with E-state index < -0.39 is 23.6 Å². The summed E-state index contributed by atoms with van der Waals surface area (Å²) in [6, 6.07) is 4.77. The van der Waals surface area contributed by atoms with Crippen molar-refractivity contribution in [1.29, 1.82) is 0 Å². The van der Waals surface area contributed by atoms with E-state index in [0.717, 1.165) is 5.56 Å². The molecule has 1 aliphatic heterocycles. The Kier molecular flexibility index (Phi) is 6.06. The van der Waals surface area contributed by atoms with Crippen LogP contribution in [0.2, 0.25) is 0 Å². The largest absolute Gasteiger partial charge is 0.444 e. The van der Waals surface area contributed by atoms with Gasteiger partial charge < -0.3 is 9.64 Å². The minimum absolute atomic E-state index is 0.200. The smallest absolute Gasteiger partial charge is 0.410 e. The summed E-state index contributed by atoms with van der Waals surface area (Å²) >= 11 is 0. The van der Waals surface area contributed by atoms with E-state index in [0.29, 0.717) is 24.0 Å². The van der Waals surface area contributed by atoms with Crippen molar-refractivity contribution in [2.24, 2.45) is 7.05 Å². The molecule has 0 aliphatic carbocycles. The molecule has 1 atom stereocenters. The van der Waals surface area contributed by atoms with Crippen LogP contribution < -0.4 is 11.0 Å². The molecule has 3 rings (SSSR count). The predicted molar refractivity (Wildman–Crippen MR) is 116 cm³/mol. The van der Waals surface area contributed by atoms with Crippen LogP contribution in [0, 0.1) is 0 Å². The number of imidazole rings is 1. The first kappa shape index (κ1) is 22.3. The molecule has 9 nitrogen and oxygen atoms in total. The van der Waals surface area contributed by atoms with Crippen molar-refractivity contribution < 1.29 is 19.1 Å². The number of rotatable bonds is 4. The molecule has 1 unspecified atom stereocenters. The lowest BCUT2D eigenvalue weighted by Crippen LogP contribution is -2.44. The summed E-state index contributed by atoms with van der Waals surface area (Å²) in [5, 5.41) is 2.30. The molecule has 0 spiro atoms. The molecule has 31 heavy (non-hydrogen) atoms. The molecule has 2 aromatic rings. The Bertz CT molecular complexity index is 1120. The number of likely N-dealkylation sites (N-methyl/N-ethyl adjacent to an activating group) is 1. The number of ether oxygens (including phenoxy) is 1. The lowest BCUT2D eigenvalue weighted by molar-refractivity contribution is -0.135. The zero-order valence-electron chi connectivity index (χ0n) is 18.5. The predicted octanol–water partition coefficient (Wildman–Crippen LogP) is 2.20. The molecule has 1 fully saturated rings. The number of hydrogen-bond donors (Lipinski definition) is 1. The van der Waals surface area contributed by atoms with E-state index in [4.69, 9.17) is 4.74 Å². The van der Waals surface area contributed by atoms with Gasteiger partial charge in [0.25, 0.3) is 0 Å². The highest BCUT2D eigenvalue weighted by Crippen LogP contribution is 2.24. The van der Waals surface area contributed by atoms with E-state index in [1.807, 2.05) is 45.1 Å². The van der Waals surface area contributed by atoms with Crippen LogP contribution in [0.15, 0.2) is 29.1 Å². The highest BCUT2D eigenvalue weighted by Gasteiger charge is 2.31. The summed E-state index contributed by atoms with van der Waals surface area (Å²) in [6.45, 7) is 5.81. The van der Waals surface area contributed by atoms with Gasteiger partial charge in [0.15, 0.2) is 0 Å². The van der Waals surface area contributed by atoms with Crippen molar-refractivity contribution in [2.75, 3.05) is 13.6 Å². The molecule has 3 amide bonds. The SMILES string of the molecule is CN(CC=Cc1ccc2c(c1)n(C)c(=O)n2C1CCC(=O)NC1=O)C(=O)OC(C)(C)C. The highest BCUT2D eigenvalue weighted by atomic mass is 16.6. The van der Waals surface area contributed by atoms with Crippen LogP contribution in [-0.2, 0) is 21.4 Å². The molecule has 1 aromatic carbocycles. The molecule has 0 bridgehead atoms. The first-order valence-corrected chi connectivity index (χ1v) is 10.1. The van der Waals surface area contributed by atoms with Gasteiger partial charge >= 0.3 is 11.8 Å². The number of nitrogens with one attached hydrogen (secondary N) is 1. The second-order valence-electron chi connectivity index (χ2n) is 8.69. The Hall–Kier alpha value is -3.36. The number of aromatic nitrogens is 2. The zero-order chi connectivity index (χ0) is 22.9. The minimum atomic E-state index is -0.710. The second-order valence-corrected chi connectivity index (χ2v) is 8.69. The summed E-state index contributed by atoms with van der Waals surface area (Å²) in [5.74, 6) is -0.779. The van der Waals surface area contributed by atoms with Gasteiger partial charge in [0, 0.05) is 27.1 Å². The number of amides is 3. The third-order valence-corrected chi connectivity index (χ3v) is 5.03. The number of piperidine rings is 1. The number of aryl methyl sites for hydroxylation is 1. The third-order valence-electron chi connectivity index (χ3n) is 5.03. The molecular weight excluding hydrogens is 400 g/mol. The number of fused-ring (bicyclic) bond motifs is 1. The van der Waals surface area contributed by atoms with Gasteiger partial charge in [-0.1, -0.05) is 18.2 Å². The number of imide groups is 1. The molecule has 9 heteroatoms. The first-order chi connectivity index (χ1) is 14.5. The molecule has 0 radical (unpaired) electrons. The van der Waals surface area contributed by atoms with Crippen molar-refractivity contribution in [3.63, 3.8) is 0 Å². The van der Waals surface area contributed by atoms with Gasteiger partial charge in [-0.25, -0.2) is 9.59 Å². The van der Waals surface area contributed by atoms with Gasteiger partial charge in [0.05, 0.1) is 11.0 Å². The summed E-state index contributed by atoms with van der Waals surface area (Å²) in [4.78, 5) is 50.0. The maximum absolute atomic E-state index is 12.8. The van der Waals surface area contributed by atoms with E-state index in [9.17, 15) is 19.2 Å². The van der Waals surface area contributed by atoms with Gasteiger partial charge in [-0.15, -0.1) is 0 Å². The summed E-state index contributed by atoms with van der Waals surface area (Å²) in [5.41, 5.74) is 1.29. The molecular formula is C22H28N4O5. The lowest BCUT2D eigenvalue weighted by Gasteiger charge is -2.23. The van der Waals surface area contributed by atoms with E-state index in [1.54, 1.807) is 20.2 Å². The monoisotopic (exact) mass is 428 g/mol. The van der Waals surface area contributed by atoms with Gasteiger partial charge in [0.2, 0.25) is 11.8 Å². The Morgan fingerprint density at radius 1 is 1.26 bits per heavy atom. The van der Waals surface area contributed by atoms with Crippen LogP contribution >= 0.6 is 0 Å². The molecule has 1 aromatic heterocycles. The van der Waals surface area contributed by atoms with Crippen LogP contribution in [0.1, 0.15) is 45.2 Å². The van der Waals surface area contributed by atoms with Crippen molar-refractivity contribution in [2.45, 2.75) is 45.3 Å². The van der Waals surface area contributed by atoms with Gasteiger partial charge in [-0.2, -0.15) is 0 Å². The van der Waals surface area contributed by atoms with Crippen molar-refractivity contribution in [3.8, 4) is 0 Å². The number of carbonyl (C=O) groups excluding carboxylic acids is 3. The normalized spacial score (nSPS) is 17.3. The van der Waals surface area contributed by atoms with Gasteiger partial charge in [-0.3, -0.25) is 24.0 Å². The van der Waals surface area contributed by atoms with Crippen molar-refractivity contribution in [1.82, 2.24) is 19.4 Å². The summed E-state index contributed by atoms with van der Waals surface area (Å²) in [7, 11) is 3.31. The van der Waals surface area contributed by atoms with Crippen LogP contribution in [0.25, 0.3) is 17.1 Å². The Morgan fingerprint density at radius 2 is 1.97 bits per heavy atom. The molecule has 0 saturated carbocycles.